The highest BCUT2D eigenvalue weighted by molar-refractivity contribution is 6.27. The zero-order chi connectivity index (χ0) is 28.0. The summed E-state index contributed by atoms with van der Waals surface area (Å²) in [5.74, 6) is -2.81. The minimum absolute atomic E-state index is 0.0776. The van der Waals surface area contributed by atoms with E-state index < -0.39 is 11.9 Å². The van der Waals surface area contributed by atoms with Crippen LogP contribution in [0.1, 0.15) is 29.5 Å². The monoisotopic (exact) mass is 532 g/mol. The van der Waals surface area contributed by atoms with Crippen LogP contribution in [0.4, 0.5) is 0 Å². The van der Waals surface area contributed by atoms with Gasteiger partial charge in [0.1, 0.15) is 5.75 Å². The number of ether oxygens (including phenoxy) is 1. The van der Waals surface area contributed by atoms with Crippen LogP contribution in [0.15, 0.2) is 84.9 Å². The van der Waals surface area contributed by atoms with E-state index in [2.05, 4.69) is 65.6 Å². The fraction of sp³-hybridized carbons (Fsp3) is 0.323. The number of likely N-dealkylation sites (tertiary alicyclic amines) is 1. The number of hydrogen-bond acceptors (Lipinski definition) is 5. The van der Waals surface area contributed by atoms with Crippen LogP contribution >= 0.6 is 0 Å². The lowest BCUT2D eigenvalue weighted by Crippen LogP contribution is -2.48. The summed E-state index contributed by atoms with van der Waals surface area (Å²) in [6.07, 6.45) is 3.03. The molecule has 0 atom stereocenters. The molecule has 8 heteroatoms. The van der Waals surface area contributed by atoms with Crippen LogP contribution in [-0.2, 0) is 27.3 Å². The van der Waals surface area contributed by atoms with Gasteiger partial charge in [-0.15, -0.1) is 0 Å². The van der Waals surface area contributed by atoms with Crippen molar-refractivity contribution in [3.63, 3.8) is 0 Å². The van der Waals surface area contributed by atoms with Gasteiger partial charge in [-0.1, -0.05) is 72.8 Å². The number of carbonyl (C=O) groups excluding carboxylic acids is 1. The predicted octanol–water partition coefficient (Wildman–Crippen LogP) is 4.27. The lowest BCUT2D eigenvalue weighted by molar-refractivity contribution is -0.159. The van der Waals surface area contributed by atoms with Crippen LogP contribution in [0, 0.1) is 6.92 Å². The molecule has 206 valence electrons. The van der Waals surface area contributed by atoms with Crippen LogP contribution in [0.5, 0.6) is 5.75 Å². The second kappa shape index (κ2) is 15.3. The number of carboxylic acid groups (broad SMARTS) is 2. The van der Waals surface area contributed by atoms with Crippen molar-refractivity contribution in [2.75, 3.05) is 26.2 Å². The first-order chi connectivity index (χ1) is 18.8. The third-order valence-corrected chi connectivity index (χ3v) is 6.63. The number of carboxylic acids is 2. The molecule has 2 N–H and O–H groups in total. The standard InChI is InChI=1S/C29H34N2O2.C2H2O4/c1-24-9-8-14-28(21-24)33-23-29(32)30-19-16-27(17-20-30)31(22-26-12-6-3-7-13-26)18-15-25-10-4-2-5-11-25;3-1(4)2(5)6/h2-14,21,27H,15-20,22-23H2,1H3;(H,3,4)(H,5,6). The van der Waals surface area contributed by atoms with E-state index in [1.165, 1.54) is 11.1 Å². The smallest absolute Gasteiger partial charge is 0.414 e. The summed E-state index contributed by atoms with van der Waals surface area (Å²) in [5.41, 5.74) is 3.85. The maximum atomic E-state index is 12.7. The van der Waals surface area contributed by atoms with Gasteiger partial charge in [-0.2, -0.15) is 0 Å². The molecule has 3 aromatic carbocycles. The van der Waals surface area contributed by atoms with Crippen molar-refractivity contribution < 1.29 is 29.3 Å². The van der Waals surface area contributed by atoms with Gasteiger partial charge in [-0.25, -0.2) is 9.59 Å². The van der Waals surface area contributed by atoms with E-state index in [0.29, 0.717) is 6.04 Å². The second-order valence-electron chi connectivity index (χ2n) is 9.52. The summed E-state index contributed by atoms with van der Waals surface area (Å²) in [6, 6.07) is 29.7. The molecule has 0 aliphatic carbocycles. The second-order valence-corrected chi connectivity index (χ2v) is 9.52. The number of rotatable bonds is 9. The maximum absolute atomic E-state index is 12.7. The number of benzene rings is 3. The number of aliphatic carboxylic acids is 2. The number of piperidine rings is 1. The molecule has 1 amide bonds. The van der Waals surface area contributed by atoms with Gasteiger partial charge >= 0.3 is 11.9 Å². The van der Waals surface area contributed by atoms with E-state index in [1.807, 2.05) is 36.1 Å². The Kier molecular flexibility index (Phi) is 11.5. The largest absolute Gasteiger partial charge is 0.484 e. The molecule has 39 heavy (non-hydrogen) atoms. The molecule has 8 nitrogen and oxygen atoms in total. The van der Waals surface area contributed by atoms with Crippen molar-refractivity contribution in [3.05, 3.63) is 102 Å². The minimum Gasteiger partial charge on any atom is -0.484 e. The number of carbonyl (C=O) groups is 3. The van der Waals surface area contributed by atoms with Gasteiger partial charge in [0.2, 0.25) is 0 Å². The molecule has 0 spiro atoms. The average molecular weight is 533 g/mol. The normalized spacial score (nSPS) is 13.3. The number of aryl methyl sites for hydroxylation is 1. The van der Waals surface area contributed by atoms with Gasteiger partial charge < -0.3 is 19.8 Å². The zero-order valence-electron chi connectivity index (χ0n) is 22.2. The molecule has 0 radical (unpaired) electrons. The summed E-state index contributed by atoms with van der Waals surface area (Å²) in [7, 11) is 0. The van der Waals surface area contributed by atoms with E-state index in [-0.39, 0.29) is 12.5 Å². The molecule has 1 heterocycles. The maximum Gasteiger partial charge on any atom is 0.414 e. The zero-order valence-corrected chi connectivity index (χ0v) is 22.2. The Morgan fingerprint density at radius 2 is 1.44 bits per heavy atom. The summed E-state index contributed by atoms with van der Waals surface area (Å²) < 4.78 is 5.74. The molecule has 1 saturated heterocycles. The van der Waals surface area contributed by atoms with Gasteiger partial charge in [-0.05, 0) is 55.0 Å². The first-order valence-corrected chi connectivity index (χ1v) is 13.1. The van der Waals surface area contributed by atoms with Crippen molar-refractivity contribution in [2.45, 2.75) is 38.8 Å². The first-order valence-electron chi connectivity index (χ1n) is 13.1. The molecule has 1 aliphatic heterocycles. The molecular formula is C31H36N2O6. The molecule has 1 fully saturated rings. The van der Waals surface area contributed by atoms with Crippen molar-refractivity contribution in [1.29, 1.82) is 0 Å². The molecule has 0 bridgehead atoms. The Labute approximate surface area is 229 Å². The van der Waals surface area contributed by atoms with E-state index >= 15 is 0 Å². The Hall–Kier alpha value is -4.17. The van der Waals surface area contributed by atoms with Crippen LogP contribution in [-0.4, -0.2) is 70.1 Å². The number of hydrogen-bond donors (Lipinski definition) is 2. The third-order valence-electron chi connectivity index (χ3n) is 6.63. The molecular weight excluding hydrogens is 496 g/mol. The highest BCUT2D eigenvalue weighted by Crippen LogP contribution is 2.21. The Morgan fingerprint density at radius 3 is 2.00 bits per heavy atom. The lowest BCUT2D eigenvalue weighted by Gasteiger charge is -2.38. The third kappa shape index (κ3) is 10.2. The summed E-state index contributed by atoms with van der Waals surface area (Å²) >= 11 is 0. The van der Waals surface area contributed by atoms with Gasteiger partial charge in [0, 0.05) is 32.2 Å². The quantitative estimate of drug-likeness (QED) is 0.397. The van der Waals surface area contributed by atoms with E-state index in [1.54, 1.807) is 0 Å². The predicted molar refractivity (Wildman–Crippen MR) is 149 cm³/mol. The highest BCUT2D eigenvalue weighted by atomic mass is 16.5. The fourth-order valence-corrected chi connectivity index (χ4v) is 4.55. The molecule has 4 rings (SSSR count). The SMILES string of the molecule is Cc1cccc(OCC(=O)N2CCC(N(CCc3ccccc3)Cc3ccccc3)CC2)c1.O=C(O)C(=O)O. The van der Waals surface area contributed by atoms with E-state index in [9.17, 15) is 4.79 Å². The van der Waals surface area contributed by atoms with Gasteiger partial charge in [0.25, 0.3) is 5.91 Å². The molecule has 0 saturated carbocycles. The topological polar surface area (TPSA) is 107 Å². The van der Waals surface area contributed by atoms with Crippen LogP contribution in [0.25, 0.3) is 0 Å². The lowest BCUT2D eigenvalue weighted by atomic mass is 10.0. The van der Waals surface area contributed by atoms with E-state index in [4.69, 9.17) is 24.5 Å². The molecule has 0 aromatic heterocycles. The summed E-state index contributed by atoms with van der Waals surface area (Å²) in [4.78, 5) is 35.5. The van der Waals surface area contributed by atoms with Gasteiger partial charge in [0.15, 0.2) is 6.61 Å². The van der Waals surface area contributed by atoms with Crippen LogP contribution < -0.4 is 4.74 Å². The van der Waals surface area contributed by atoms with Crippen molar-refractivity contribution >= 4 is 17.8 Å². The Bertz CT molecular complexity index is 1180. The molecule has 1 aliphatic rings. The molecule has 0 unspecified atom stereocenters. The summed E-state index contributed by atoms with van der Waals surface area (Å²) in [6.45, 7) is 5.68. The van der Waals surface area contributed by atoms with Gasteiger partial charge in [0.05, 0.1) is 0 Å². The van der Waals surface area contributed by atoms with Crippen molar-refractivity contribution in [3.8, 4) is 5.75 Å². The Balaban J connectivity index is 0.000000631. The number of nitrogens with zero attached hydrogens (tertiary/aromatic N) is 2. The van der Waals surface area contributed by atoms with Crippen molar-refractivity contribution in [2.24, 2.45) is 0 Å². The fourth-order valence-electron chi connectivity index (χ4n) is 4.55. The van der Waals surface area contributed by atoms with Crippen LogP contribution in [0.2, 0.25) is 0 Å². The minimum atomic E-state index is -1.82. The van der Waals surface area contributed by atoms with Crippen LogP contribution in [0.3, 0.4) is 0 Å². The first kappa shape index (κ1) is 29.4. The van der Waals surface area contributed by atoms with Crippen molar-refractivity contribution in [1.82, 2.24) is 9.80 Å². The Morgan fingerprint density at radius 1 is 0.846 bits per heavy atom. The van der Waals surface area contributed by atoms with Gasteiger partial charge in [-0.3, -0.25) is 9.69 Å². The average Bonchev–Trinajstić information content (AvgIpc) is 2.95. The highest BCUT2D eigenvalue weighted by Gasteiger charge is 2.27. The number of amides is 1. The molecule has 3 aromatic rings. The van der Waals surface area contributed by atoms with E-state index in [0.717, 1.165) is 56.8 Å². The summed E-state index contributed by atoms with van der Waals surface area (Å²) in [5, 5.41) is 14.8.